The van der Waals surface area contributed by atoms with Crippen LogP contribution in [0.1, 0.15) is 30.1 Å². The third kappa shape index (κ3) is 2.62. The third-order valence-corrected chi connectivity index (χ3v) is 2.20. The van der Waals surface area contributed by atoms with Crippen LogP contribution in [0, 0.1) is 5.82 Å². The van der Waals surface area contributed by atoms with Crippen LogP contribution in [-0.4, -0.2) is 5.78 Å². The van der Waals surface area contributed by atoms with E-state index in [1.807, 2.05) is 6.92 Å². The quantitative estimate of drug-likeness (QED) is 0.744. The summed E-state index contributed by atoms with van der Waals surface area (Å²) in [6, 6.07) is 4.49. The molecule has 0 heterocycles. The number of carbonyl (C=O) groups is 1. The highest BCUT2D eigenvalue weighted by molar-refractivity contribution is 9.10. The number of halogens is 2. The Labute approximate surface area is 85.1 Å². The van der Waals surface area contributed by atoms with Crippen molar-refractivity contribution in [2.75, 3.05) is 0 Å². The van der Waals surface area contributed by atoms with Gasteiger partial charge in [-0.05, 0) is 24.6 Å². The normalized spacial score (nSPS) is 10.1. The minimum absolute atomic E-state index is 0.132. The Morgan fingerprint density at radius 1 is 1.54 bits per heavy atom. The molecule has 1 aromatic rings. The number of hydrogen-bond donors (Lipinski definition) is 0. The fourth-order valence-corrected chi connectivity index (χ4v) is 1.41. The average molecular weight is 245 g/mol. The first-order valence-corrected chi connectivity index (χ1v) is 4.92. The second-order valence-corrected chi connectivity index (χ2v) is 3.71. The Hall–Kier alpha value is -0.700. The molecule has 0 spiro atoms. The molecule has 3 heteroatoms. The van der Waals surface area contributed by atoms with Gasteiger partial charge in [-0.2, -0.15) is 0 Å². The molecule has 0 aromatic heterocycles. The zero-order valence-corrected chi connectivity index (χ0v) is 8.90. The lowest BCUT2D eigenvalue weighted by Crippen LogP contribution is -2.01. The topological polar surface area (TPSA) is 17.1 Å². The second kappa shape index (κ2) is 4.51. The number of rotatable bonds is 3. The van der Waals surface area contributed by atoms with Crippen molar-refractivity contribution in [3.63, 3.8) is 0 Å². The molecule has 1 rings (SSSR count). The maximum atomic E-state index is 13.2. The van der Waals surface area contributed by atoms with Crippen molar-refractivity contribution in [2.24, 2.45) is 0 Å². The molecule has 0 N–H and O–H groups in total. The molecule has 0 aliphatic rings. The second-order valence-electron chi connectivity index (χ2n) is 2.80. The maximum absolute atomic E-state index is 13.2. The maximum Gasteiger partial charge on any atom is 0.165 e. The van der Waals surface area contributed by atoms with Crippen molar-refractivity contribution >= 4 is 21.7 Å². The van der Waals surface area contributed by atoms with Gasteiger partial charge in [0, 0.05) is 10.9 Å². The molecular formula is C10H10BrFO. The molecule has 0 bridgehead atoms. The number of benzene rings is 1. The Morgan fingerprint density at radius 2 is 2.23 bits per heavy atom. The zero-order chi connectivity index (χ0) is 9.84. The zero-order valence-electron chi connectivity index (χ0n) is 7.31. The van der Waals surface area contributed by atoms with Crippen molar-refractivity contribution in [3.8, 4) is 0 Å². The molecular weight excluding hydrogens is 235 g/mol. The Balaban J connectivity index is 2.95. The van der Waals surface area contributed by atoms with Gasteiger partial charge in [0.15, 0.2) is 5.78 Å². The van der Waals surface area contributed by atoms with E-state index in [1.165, 1.54) is 12.1 Å². The van der Waals surface area contributed by atoms with Crippen LogP contribution in [0.4, 0.5) is 4.39 Å². The van der Waals surface area contributed by atoms with Crippen molar-refractivity contribution in [2.45, 2.75) is 19.8 Å². The van der Waals surface area contributed by atoms with Gasteiger partial charge in [0.05, 0.1) is 5.56 Å². The van der Waals surface area contributed by atoms with Crippen molar-refractivity contribution in [1.82, 2.24) is 0 Å². The highest BCUT2D eigenvalue weighted by atomic mass is 79.9. The van der Waals surface area contributed by atoms with E-state index in [4.69, 9.17) is 0 Å². The van der Waals surface area contributed by atoms with E-state index in [-0.39, 0.29) is 11.3 Å². The van der Waals surface area contributed by atoms with Gasteiger partial charge in [-0.1, -0.05) is 22.9 Å². The Kier molecular flexibility index (Phi) is 3.60. The van der Waals surface area contributed by atoms with Gasteiger partial charge in [-0.25, -0.2) is 4.39 Å². The van der Waals surface area contributed by atoms with Crippen LogP contribution in [-0.2, 0) is 0 Å². The summed E-state index contributed by atoms with van der Waals surface area (Å²) in [5, 5.41) is 0. The number of hydrogen-bond acceptors (Lipinski definition) is 1. The van der Waals surface area contributed by atoms with Crippen molar-refractivity contribution in [1.29, 1.82) is 0 Å². The standard InChI is InChI=1S/C10H10BrFO/c1-2-3-10(13)8-5-4-7(11)6-9(8)12/h4-6H,2-3H2,1H3. The van der Waals surface area contributed by atoms with Gasteiger partial charge in [0.25, 0.3) is 0 Å². The lowest BCUT2D eigenvalue weighted by Gasteiger charge is -2.00. The molecule has 1 aromatic carbocycles. The largest absolute Gasteiger partial charge is 0.294 e. The minimum Gasteiger partial charge on any atom is -0.294 e. The number of carbonyl (C=O) groups excluding carboxylic acids is 1. The smallest absolute Gasteiger partial charge is 0.165 e. The molecule has 70 valence electrons. The predicted molar refractivity (Wildman–Crippen MR) is 53.3 cm³/mol. The summed E-state index contributed by atoms with van der Waals surface area (Å²) in [7, 11) is 0. The van der Waals surface area contributed by atoms with Crippen LogP contribution in [0.2, 0.25) is 0 Å². The van der Waals surface area contributed by atoms with E-state index in [1.54, 1.807) is 6.07 Å². The first-order valence-electron chi connectivity index (χ1n) is 4.13. The first-order chi connectivity index (χ1) is 6.15. The molecule has 0 unspecified atom stereocenters. The molecule has 0 aliphatic carbocycles. The van der Waals surface area contributed by atoms with Gasteiger partial charge >= 0.3 is 0 Å². The summed E-state index contributed by atoms with van der Waals surface area (Å²) in [6.07, 6.45) is 1.15. The monoisotopic (exact) mass is 244 g/mol. The van der Waals surface area contributed by atoms with E-state index in [0.29, 0.717) is 10.9 Å². The molecule has 13 heavy (non-hydrogen) atoms. The molecule has 0 amide bonds. The van der Waals surface area contributed by atoms with E-state index in [0.717, 1.165) is 6.42 Å². The summed E-state index contributed by atoms with van der Waals surface area (Å²) in [5.41, 5.74) is 0.185. The van der Waals surface area contributed by atoms with Crippen LogP contribution in [0.15, 0.2) is 22.7 Å². The van der Waals surface area contributed by atoms with E-state index >= 15 is 0 Å². The fourth-order valence-electron chi connectivity index (χ4n) is 1.08. The summed E-state index contributed by atoms with van der Waals surface area (Å²) in [6.45, 7) is 1.90. The Bertz CT molecular complexity index is 323. The average Bonchev–Trinajstić information content (AvgIpc) is 2.04. The third-order valence-electron chi connectivity index (χ3n) is 1.71. The highest BCUT2D eigenvalue weighted by Crippen LogP contribution is 2.16. The molecule has 0 fully saturated rings. The summed E-state index contributed by atoms with van der Waals surface area (Å²) in [5.74, 6) is -0.583. The minimum atomic E-state index is -0.451. The van der Waals surface area contributed by atoms with Crippen LogP contribution in [0.25, 0.3) is 0 Å². The lowest BCUT2D eigenvalue weighted by atomic mass is 10.1. The summed E-state index contributed by atoms with van der Waals surface area (Å²) >= 11 is 3.13. The predicted octanol–water partition coefficient (Wildman–Crippen LogP) is 3.57. The van der Waals surface area contributed by atoms with Crippen LogP contribution in [0.5, 0.6) is 0 Å². The lowest BCUT2D eigenvalue weighted by molar-refractivity contribution is 0.0978. The molecule has 1 nitrogen and oxygen atoms in total. The first kappa shape index (κ1) is 10.4. The molecule has 0 saturated carbocycles. The molecule has 0 atom stereocenters. The van der Waals surface area contributed by atoms with Gasteiger partial charge in [0.1, 0.15) is 5.82 Å². The van der Waals surface area contributed by atoms with Crippen LogP contribution >= 0.6 is 15.9 Å². The SMILES string of the molecule is CCCC(=O)c1ccc(Br)cc1F. The number of ketones is 1. The van der Waals surface area contributed by atoms with E-state index < -0.39 is 5.82 Å². The van der Waals surface area contributed by atoms with Crippen LogP contribution in [0.3, 0.4) is 0 Å². The van der Waals surface area contributed by atoms with Gasteiger partial charge in [-0.15, -0.1) is 0 Å². The number of Topliss-reactive ketones (excluding diaryl/α,β-unsaturated/α-hetero) is 1. The van der Waals surface area contributed by atoms with Crippen LogP contribution < -0.4 is 0 Å². The van der Waals surface area contributed by atoms with Crippen molar-refractivity contribution < 1.29 is 9.18 Å². The Morgan fingerprint density at radius 3 is 2.77 bits per heavy atom. The fraction of sp³-hybridized carbons (Fsp3) is 0.300. The van der Waals surface area contributed by atoms with Gasteiger partial charge in [0.2, 0.25) is 0 Å². The molecule has 0 aliphatic heterocycles. The van der Waals surface area contributed by atoms with Crippen molar-refractivity contribution in [3.05, 3.63) is 34.1 Å². The van der Waals surface area contributed by atoms with Gasteiger partial charge in [-0.3, -0.25) is 4.79 Å². The van der Waals surface area contributed by atoms with E-state index in [9.17, 15) is 9.18 Å². The highest BCUT2D eigenvalue weighted by Gasteiger charge is 2.10. The molecule has 0 saturated heterocycles. The van der Waals surface area contributed by atoms with E-state index in [2.05, 4.69) is 15.9 Å². The summed E-state index contributed by atoms with van der Waals surface area (Å²) < 4.78 is 13.8. The summed E-state index contributed by atoms with van der Waals surface area (Å²) in [4.78, 5) is 11.3. The molecule has 0 radical (unpaired) electrons. The van der Waals surface area contributed by atoms with Gasteiger partial charge < -0.3 is 0 Å².